The molecule has 0 bridgehead atoms. The Morgan fingerprint density at radius 3 is 2.56 bits per heavy atom. The number of carbonyl (C=O) groups excluding carboxylic acids is 1. The van der Waals surface area contributed by atoms with E-state index in [-0.39, 0.29) is 17.4 Å². The molecule has 7 nitrogen and oxygen atoms in total. The summed E-state index contributed by atoms with van der Waals surface area (Å²) in [6, 6.07) is 1.87. The van der Waals surface area contributed by atoms with Gasteiger partial charge < -0.3 is 0 Å². The largest absolute Gasteiger partial charge is 0.296 e. The summed E-state index contributed by atoms with van der Waals surface area (Å²) in [6.45, 7) is 14.3. The molecule has 8 heteroatoms. The van der Waals surface area contributed by atoms with Gasteiger partial charge in [-0.05, 0) is 46.1 Å². The SMILES string of the molecule is CCc1nnc(NC(=O)c2cc(C(C)C)nc3c2c(C)nn3C(C)(C)C)s1. The van der Waals surface area contributed by atoms with E-state index >= 15 is 0 Å². The van der Waals surface area contributed by atoms with Crippen molar-refractivity contribution >= 4 is 33.4 Å². The second-order valence-electron chi connectivity index (χ2n) is 7.92. The Kier molecular flexibility index (Phi) is 5.03. The number of hydrogen-bond donors (Lipinski definition) is 1. The van der Waals surface area contributed by atoms with Crippen molar-refractivity contribution in [1.29, 1.82) is 0 Å². The van der Waals surface area contributed by atoms with Crippen LogP contribution in [0.2, 0.25) is 0 Å². The molecule has 0 aliphatic heterocycles. The minimum Gasteiger partial charge on any atom is -0.296 e. The number of nitrogens with zero attached hydrogens (tertiary/aromatic N) is 5. The minimum absolute atomic E-state index is 0.192. The Morgan fingerprint density at radius 2 is 2.00 bits per heavy atom. The van der Waals surface area contributed by atoms with E-state index < -0.39 is 0 Å². The third-order valence-corrected chi connectivity index (χ3v) is 5.28. The molecule has 0 radical (unpaired) electrons. The lowest BCUT2D eigenvalue weighted by Crippen LogP contribution is -2.24. The maximum absolute atomic E-state index is 13.1. The lowest BCUT2D eigenvalue weighted by molar-refractivity contribution is 0.102. The maximum atomic E-state index is 13.1. The fourth-order valence-electron chi connectivity index (χ4n) is 2.86. The molecule has 3 rings (SSSR count). The standard InChI is InChI=1S/C19H26N6OS/c1-8-14-22-23-18(27-14)21-17(26)12-9-13(10(2)3)20-16-15(12)11(4)24-25(16)19(5,6)7/h9-10H,8H2,1-7H3,(H,21,23,26). The Morgan fingerprint density at radius 1 is 1.30 bits per heavy atom. The molecule has 144 valence electrons. The second-order valence-corrected chi connectivity index (χ2v) is 8.99. The van der Waals surface area contributed by atoms with E-state index in [1.807, 2.05) is 24.6 Å². The van der Waals surface area contributed by atoms with E-state index in [0.717, 1.165) is 33.8 Å². The zero-order valence-corrected chi connectivity index (χ0v) is 17.7. The molecular formula is C19H26N6OS. The van der Waals surface area contributed by atoms with Crippen LogP contribution in [0, 0.1) is 6.92 Å². The van der Waals surface area contributed by atoms with Crippen LogP contribution in [0.25, 0.3) is 11.0 Å². The van der Waals surface area contributed by atoms with Crippen LogP contribution in [0.15, 0.2) is 6.07 Å². The van der Waals surface area contributed by atoms with Crippen molar-refractivity contribution in [3.05, 3.63) is 28.0 Å². The Labute approximate surface area is 163 Å². The summed E-state index contributed by atoms with van der Waals surface area (Å²) in [6.07, 6.45) is 0.794. The van der Waals surface area contributed by atoms with E-state index in [9.17, 15) is 4.79 Å². The van der Waals surface area contributed by atoms with Crippen LogP contribution in [0.5, 0.6) is 0 Å². The molecule has 27 heavy (non-hydrogen) atoms. The van der Waals surface area contributed by atoms with Crippen LogP contribution in [0.3, 0.4) is 0 Å². The van der Waals surface area contributed by atoms with Crippen LogP contribution < -0.4 is 5.32 Å². The van der Waals surface area contributed by atoms with E-state index in [0.29, 0.717) is 10.7 Å². The van der Waals surface area contributed by atoms with Crippen LogP contribution in [0.4, 0.5) is 5.13 Å². The van der Waals surface area contributed by atoms with Crippen LogP contribution in [-0.4, -0.2) is 30.9 Å². The van der Waals surface area contributed by atoms with Gasteiger partial charge in [-0.1, -0.05) is 32.1 Å². The highest BCUT2D eigenvalue weighted by Crippen LogP contribution is 2.29. The zero-order chi connectivity index (χ0) is 19.9. The van der Waals surface area contributed by atoms with Crippen molar-refractivity contribution in [3.8, 4) is 0 Å². The van der Waals surface area contributed by atoms with Crippen molar-refractivity contribution in [2.75, 3.05) is 5.32 Å². The monoisotopic (exact) mass is 386 g/mol. The number of pyridine rings is 1. The predicted octanol–water partition coefficient (Wildman–Crippen LogP) is 4.28. The number of carbonyl (C=O) groups is 1. The van der Waals surface area contributed by atoms with E-state index in [4.69, 9.17) is 4.98 Å². The fraction of sp³-hybridized carbons (Fsp3) is 0.526. The first-order chi connectivity index (χ1) is 12.6. The third-order valence-electron chi connectivity index (χ3n) is 4.29. The van der Waals surface area contributed by atoms with E-state index in [2.05, 4.69) is 55.2 Å². The number of anilines is 1. The van der Waals surface area contributed by atoms with Gasteiger partial charge in [-0.2, -0.15) is 5.10 Å². The molecule has 0 aliphatic rings. The molecule has 0 saturated heterocycles. The first kappa shape index (κ1) is 19.4. The highest BCUT2D eigenvalue weighted by molar-refractivity contribution is 7.15. The first-order valence-electron chi connectivity index (χ1n) is 9.16. The lowest BCUT2D eigenvalue weighted by Gasteiger charge is -2.20. The van der Waals surface area contributed by atoms with Crippen molar-refractivity contribution in [1.82, 2.24) is 25.0 Å². The average Bonchev–Trinajstić information content (AvgIpc) is 3.18. The molecule has 0 spiro atoms. The zero-order valence-electron chi connectivity index (χ0n) is 16.9. The maximum Gasteiger partial charge on any atom is 0.258 e. The van der Waals surface area contributed by atoms with Crippen molar-refractivity contribution < 1.29 is 4.79 Å². The quantitative estimate of drug-likeness (QED) is 0.723. The van der Waals surface area contributed by atoms with Crippen LogP contribution in [0.1, 0.15) is 74.2 Å². The predicted molar refractivity (Wildman–Crippen MR) is 109 cm³/mol. The topological polar surface area (TPSA) is 85.6 Å². The van der Waals surface area contributed by atoms with Gasteiger partial charge in [0.05, 0.1) is 22.2 Å². The lowest BCUT2D eigenvalue weighted by atomic mass is 10.0. The minimum atomic E-state index is -0.238. The summed E-state index contributed by atoms with van der Waals surface area (Å²) < 4.78 is 1.90. The number of hydrogen-bond acceptors (Lipinski definition) is 6. The highest BCUT2D eigenvalue weighted by Gasteiger charge is 2.25. The van der Waals surface area contributed by atoms with E-state index in [1.54, 1.807) is 0 Å². The molecule has 0 unspecified atom stereocenters. The van der Waals surface area contributed by atoms with Crippen LogP contribution >= 0.6 is 11.3 Å². The Balaban J connectivity index is 2.15. The molecule has 3 aromatic rings. The third kappa shape index (κ3) is 3.71. The second kappa shape index (κ2) is 6.99. The molecule has 3 aromatic heterocycles. The van der Waals surface area contributed by atoms with Gasteiger partial charge in [-0.3, -0.25) is 10.1 Å². The number of rotatable bonds is 4. The number of aryl methyl sites for hydroxylation is 2. The molecule has 3 heterocycles. The van der Waals surface area contributed by atoms with Gasteiger partial charge in [0.15, 0.2) is 5.65 Å². The molecular weight excluding hydrogens is 360 g/mol. The summed E-state index contributed by atoms with van der Waals surface area (Å²) in [5.41, 5.74) is 2.73. The van der Waals surface area contributed by atoms with Gasteiger partial charge in [-0.15, -0.1) is 10.2 Å². The molecule has 0 atom stereocenters. The average molecular weight is 387 g/mol. The summed E-state index contributed by atoms with van der Waals surface area (Å²) in [4.78, 5) is 17.9. The summed E-state index contributed by atoms with van der Waals surface area (Å²) in [5.74, 6) is -0.0162. The van der Waals surface area contributed by atoms with Crippen molar-refractivity contribution in [2.24, 2.45) is 0 Å². The number of nitrogens with one attached hydrogen (secondary N) is 1. The molecule has 0 aromatic carbocycles. The normalized spacial score (nSPS) is 12.1. The Bertz CT molecular complexity index is 996. The molecule has 1 amide bonds. The first-order valence-corrected chi connectivity index (χ1v) is 9.98. The molecule has 1 N–H and O–H groups in total. The number of aromatic nitrogens is 5. The van der Waals surface area contributed by atoms with Gasteiger partial charge in [0.2, 0.25) is 5.13 Å². The van der Waals surface area contributed by atoms with Crippen molar-refractivity contribution in [3.63, 3.8) is 0 Å². The highest BCUT2D eigenvalue weighted by atomic mass is 32.1. The van der Waals surface area contributed by atoms with Gasteiger partial charge in [-0.25, -0.2) is 9.67 Å². The fourth-order valence-corrected chi connectivity index (χ4v) is 3.54. The van der Waals surface area contributed by atoms with Gasteiger partial charge >= 0.3 is 0 Å². The van der Waals surface area contributed by atoms with Gasteiger partial charge in [0.25, 0.3) is 5.91 Å². The van der Waals surface area contributed by atoms with Gasteiger partial charge in [0, 0.05) is 5.69 Å². The summed E-state index contributed by atoms with van der Waals surface area (Å²) in [7, 11) is 0. The van der Waals surface area contributed by atoms with Crippen LogP contribution in [-0.2, 0) is 12.0 Å². The molecule has 0 fully saturated rings. The van der Waals surface area contributed by atoms with Gasteiger partial charge in [0.1, 0.15) is 5.01 Å². The summed E-state index contributed by atoms with van der Waals surface area (Å²) in [5, 5.41) is 17.9. The van der Waals surface area contributed by atoms with E-state index in [1.165, 1.54) is 11.3 Å². The number of amides is 1. The number of fused-ring (bicyclic) bond motifs is 1. The van der Waals surface area contributed by atoms with Crippen molar-refractivity contribution in [2.45, 2.75) is 66.3 Å². The summed E-state index contributed by atoms with van der Waals surface area (Å²) >= 11 is 1.39. The Hall–Kier alpha value is -2.35. The molecule has 0 saturated carbocycles. The molecule has 0 aliphatic carbocycles. The smallest absolute Gasteiger partial charge is 0.258 e.